The predicted molar refractivity (Wildman–Crippen MR) is 46.7 cm³/mol. The second-order valence-electron chi connectivity index (χ2n) is 3.12. The lowest BCUT2D eigenvalue weighted by atomic mass is 9.83. The summed E-state index contributed by atoms with van der Waals surface area (Å²) in [5, 5.41) is 0. The number of Topliss-reactive ketones (excluding diaryl/α,β-unsaturated/α-hetero) is 1. The molecule has 0 spiro atoms. The van der Waals surface area contributed by atoms with Gasteiger partial charge in [-0.1, -0.05) is 24.3 Å². The first-order chi connectivity index (χ1) is 5.29. The highest BCUT2D eigenvalue weighted by Gasteiger charge is 2.24. The van der Waals surface area contributed by atoms with Gasteiger partial charge in [-0.15, -0.1) is 0 Å². The summed E-state index contributed by atoms with van der Waals surface area (Å²) in [5.74, 6) is 0.729. The Kier molecular flexibility index (Phi) is 1.35. The number of ketones is 1. The summed E-state index contributed by atoms with van der Waals surface area (Å²) in [4.78, 5) is 11.3. The van der Waals surface area contributed by atoms with Crippen molar-refractivity contribution in [1.82, 2.24) is 0 Å². The molecule has 1 aliphatic carbocycles. The molecule has 0 N–H and O–H groups in total. The second kappa shape index (κ2) is 2.23. The molecule has 54 valence electrons. The predicted octanol–water partition coefficient (Wildman–Crippen LogP) is 0.947. The number of hydrogen-bond donors (Lipinski definition) is 0. The van der Waals surface area contributed by atoms with Gasteiger partial charge in [-0.25, -0.2) is 0 Å². The van der Waals surface area contributed by atoms with Crippen LogP contribution < -0.4 is 0 Å². The molecular weight excluding hydrogens is 135 g/mol. The molecule has 0 bridgehead atoms. The van der Waals surface area contributed by atoms with E-state index in [4.69, 9.17) is 0 Å². The summed E-state index contributed by atoms with van der Waals surface area (Å²) >= 11 is 0. The van der Waals surface area contributed by atoms with Crippen LogP contribution in [-0.2, 0) is 0 Å². The van der Waals surface area contributed by atoms with E-state index in [0.717, 1.165) is 5.56 Å². The van der Waals surface area contributed by atoms with Crippen LogP contribution in [-0.4, -0.2) is 13.6 Å². The average Bonchev–Trinajstić information content (AvgIpc) is 2.30. The molecule has 1 nitrogen and oxygen atoms in total. The lowest BCUT2D eigenvalue weighted by Crippen LogP contribution is -1.91. The summed E-state index contributed by atoms with van der Waals surface area (Å²) in [6, 6.07) is 7.88. The first-order valence-corrected chi connectivity index (χ1v) is 3.91. The standard InChI is InChI=1S/C9H9BO/c10-8-5-9(11)7-4-2-1-3-6(7)8/h1-4,8H,5,10H2. The van der Waals surface area contributed by atoms with Gasteiger partial charge in [-0.3, -0.25) is 4.79 Å². The highest BCUT2D eigenvalue weighted by molar-refractivity contribution is 6.19. The Hall–Kier alpha value is -1.05. The van der Waals surface area contributed by atoms with E-state index in [0.29, 0.717) is 18.0 Å². The van der Waals surface area contributed by atoms with Gasteiger partial charge < -0.3 is 0 Å². The van der Waals surface area contributed by atoms with Crippen molar-refractivity contribution in [2.75, 3.05) is 0 Å². The zero-order chi connectivity index (χ0) is 7.84. The van der Waals surface area contributed by atoms with Crippen LogP contribution in [0, 0.1) is 0 Å². The minimum Gasteiger partial charge on any atom is -0.294 e. The normalized spacial score (nSPS) is 21.8. The van der Waals surface area contributed by atoms with Crippen LogP contribution in [0.5, 0.6) is 0 Å². The summed E-state index contributed by atoms with van der Waals surface area (Å²) in [6.07, 6.45) is 0.694. The van der Waals surface area contributed by atoms with E-state index in [-0.39, 0.29) is 0 Å². The van der Waals surface area contributed by atoms with Gasteiger partial charge in [0.2, 0.25) is 0 Å². The van der Waals surface area contributed by atoms with Crippen molar-refractivity contribution in [2.45, 2.75) is 12.2 Å². The fourth-order valence-electron chi connectivity index (χ4n) is 1.68. The van der Waals surface area contributed by atoms with Crippen LogP contribution in [0.15, 0.2) is 24.3 Å². The molecule has 1 aromatic rings. The van der Waals surface area contributed by atoms with E-state index in [9.17, 15) is 4.79 Å². The topological polar surface area (TPSA) is 17.1 Å². The van der Waals surface area contributed by atoms with Gasteiger partial charge in [-0.2, -0.15) is 0 Å². The third-order valence-electron chi connectivity index (χ3n) is 2.28. The van der Waals surface area contributed by atoms with Crippen molar-refractivity contribution in [2.24, 2.45) is 0 Å². The van der Waals surface area contributed by atoms with E-state index in [2.05, 4.69) is 7.85 Å². The highest BCUT2D eigenvalue weighted by atomic mass is 16.1. The van der Waals surface area contributed by atoms with Gasteiger partial charge in [0, 0.05) is 12.0 Å². The summed E-state index contributed by atoms with van der Waals surface area (Å²) in [6.45, 7) is 0. The highest BCUT2D eigenvalue weighted by Crippen LogP contribution is 2.29. The molecule has 1 aromatic carbocycles. The summed E-state index contributed by atoms with van der Waals surface area (Å²) in [5.41, 5.74) is 2.15. The van der Waals surface area contributed by atoms with Crippen molar-refractivity contribution in [1.29, 1.82) is 0 Å². The van der Waals surface area contributed by atoms with E-state index in [1.807, 2.05) is 24.3 Å². The molecule has 2 heteroatoms. The van der Waals surface area contributed by atoms with Gasteiger partial charge in [0.15, 0.2) is 5.78 Å². The zero-order valence-electron chi connectivity index (χ0n) is 6.50. The molecule has 0 saturated heterocycles. The molecule has 0 amide bonds. The first kappa shape index (κ1) is 6.65. The van der Waals surface area contributed by atoms with Crippen LogP contribution in [0.1, 0.15) is 28.2 Å². The fraction of sp³-hybridized carbons (Fsp3) is 0.222. The molecule has 0 saturated carbocycles. The van der Waals surface area contributed by atoms with E-state index in [1.165, 1.54) is 5.56 Å². The average molecular weight is 144 g/mol. The molecule has 0 radical (unpaired) electrons. The quantitative estimate of drug-likeness (QED) is 0.495. The monoisotopic (exact) mass is 144 g/mol. The third kappa shape index (κ3) is 0.899. The van der Waals surface area contributed by atoms with Gasteiger partial charge in [-0.05, 0) is 11.4 Å². The van der Waals surface area contributed by atoms with E-state index < -0.39 is 0 Å². The minimum atomic E-state index is 0.299. The SMILES string of the molecule is BC1CC(=O)c2ccccc21. The van der Waals surface area contributed by atoms with E-state index >= 15 is 0 Å². The van der Waals surface area contributed by atoms with E-state index in [1.54, 1.807) is 0 Å². The molecule has 11 heavy (non-hydrogen) atoms. The van der Waals surface area contributed by atoms with Gasteiger partial charge in [0.25, 0.3) is 0 Å². The maximum absolute atomic E-state index is 11.3. The molecule has 0 heterocycles. The smallest absolute Gasteiger partial charge is 0.163 e. The lowest BCUT2D eigenvalue weighted by Gasteiger charge is -1.99. The molecule has 0 fully saturated rings. The van der Waals surface area contributed by atoms with Crippen LogP contribution in [0.4, 0.5) is 0 Å². The van der Waals surface area contributed by atoms with Crippen molar-refractivity contribution in [3.05, 3.63) is 35.4 Å². The van der Waals surface area contributed by atoms with Crippen molar-refractivity contribution < 1.29 is 4.79 Å². The van der Waals surface area contributed by atoms with Crippen molar-refractivity contribution >= 4 is 13.6 Å². The number of fused-ring (bicyclic) bond motifs is 1. The Labute approximate surface area is 66.8 Å². The number of carbonyl (C=O) groups is 1. The molecule has 1 atom stereocenters. The Morgan fingerprint density at radius 3 is 2.82 bits per heavy atom. The Morgan fingerprint density at radius 2 is 2.09 bits per heavy atom. The number of rotatable bonds is 0. The Morgan fingerprint density at radius 1 is 1.36 bits per heavy atom. The largest absolute Gasteiger partial charge is 0.294 e. The zero-order valence-corrected chi connectivity index (χ0v) is 6.50. The number of carbonyl (C=O) groups excluding carboxylic acids is 1. The summed E-state index contributed by atoms with van der Waals surface area (Å²) < 4.78 is 0. The Bertz CT molecular complexity index is 306. The van der Waals surface area contributed by atoms with Crippen LogP contribution in [0.2, 0.25) is 0 Å². The van der Waals surface area contributed by atoms with Gasteiger partial charge in [0.1, 0.15) is 7.85 Å². The number of hydrogen-bond acceptors (Lipinski definition) is 1. The maximum atomic E-state index is 11.3. The molecule has 1 unspecified atom stereocenters. The molecule has 1 aliphatic rings. The van der Waals surface area contributed by atoms with Crippen LogP contribution in [0.25, 0.3) is 0 Å². The minimum absolute atomic E-state index is 0.299. The van der Waals surface area contributed by atoms with Gasteiger partial charge in [0.05, 0.1) is 0 Å². The fourth-order valence-corrected chi connectivity index (χ4v) is 1.68. The first-order valence-electron chi connectivity index (χ1n) is 3.91. The summed E-state index contributed by atoms with van der Waals surface area (Å²) in [7, 11) is 2.10. The maximum Gasteiger partial charge on any atom is 0.163 e. The van der Waals surface area contributed by atoms with Crippen molar-refractivity contribution in [3.63, 3.8) is 0 Å². The van der Waals surface area contributed by atoms with Crippen molar-refractivity contribution in [3.8, 4) is 0 Å². The lowest BCUT2D eigenvalue weighted by molar-refractivity contribution is 0.0993. The molecular formula is C9H9BO. The van der Waals surface area contributed by atoms with Crippen LogP contribution in [0.3, 0.4) is 0 Å². The van der Waals surface area contributed by atoms with Crippen LogP contribution >= 0.6 is 0 Å². The van der Waals surface area contributed by atoms with Gasteiger partial charge >= 0.3 is 0 Å². The molecule has 0 aromatic heterocycles. The molecule has 0 aliphatic heterocycles. The second-order valence-corrected chi connectivity index (χ2v) is 3.12. The third-order valence-corrected chi connectivity index (χ3v) is 2.28. The number of benzene rings is 1. The molecule has 2 rings (SSSR count). The Balaban J connectivity index is 2.60.